The van der Waals surface area contributed by atoms with Crippen LogP contribution in [0.1, 0.15) is 41.1 Å². The van der Waals surface area contributed by atoms with Gasteiger partial charge in [-0.2, -0.15) is 0 Å². The summed E-state index contributed by atoms with van der Waals surface area (Å²) in [6, 6.07) is 15.4. The van der Waals surface area contributed by atoms with Gasteiger partial charge in [0.15, 0.2) is 5.11 Å². The maximum absolute atomic E-state index is 9.85. The molecular weight excluding hydrogens is 458 g/mol. The van der Waals surface area contributed by atoms with Crippen molar-refractivity contribution >= 4 is 23.0 Å². The Morgan fingerprint density at radius 1 is 1.09 bits per heavy atom. The van der Waals surface area contributed by atoms with Crippen molar-refractivity contribution in [2.45, 2.75) is 38.9 Å². The van der Waals surface area contributed by atoms with E-state index < -0.39 is 0 Å². The molecule has 4 heterocycles. The van der Waals surface area contributed by atoms with Crippen LogP contribution in [0.4, 0.5) is 5.69 Å². The number of anilines is 1. The van der Waals surface area contributed by atoms with Gasteiger partial charge in [-0.3, -0.25) is 9.88 Å². The lowest BCUT2D eigenvalue weighted by Crippen LogP contribution is -2.37. The van der Waals surface area contributed by atoms with Crippen LogP contribution in [0.3, 0.4) is 0 Å². The zero-order chi connectivity index (χ0) is 24.4. The minimum absolute atomic E-state index is 0.0545. The number of phenolic OH excluding ortho intramolecular Hbond substituents is 1. The number of hydrogen-bond donors (Lipinski definition) is 2. The monoisotopic (exact) mass is 491 g/mol. The normalized spacial score (nSPS) is 20.9. The molecule has 2 saturated heterocycles. The number of aryl methyl sites for hydroxylation is 1. The Morgan fingerprint density at radius 3 is 2.57 bits per heavy atom. The number of benzene rings is 1. The Bertz CT molecular complexity index is 1160. The van der Waals surface area contributed by atoms with Crippen LogP contribution in [0, 0.1) is 13.8 Å². The molecule has 2 atom stereocenters. The fourth-order valence-corrected chi connectivity index (χ4v) is 5.66. The van der Waals surface area contributed by atoms with E-state index in [0.29, 0.717) is 5.11 Å². The molecule has 2 aliphatic heterocycles. The van der Waals surface area contributed by atoms with Crippen LogP contribution in [-0.4, -0.2) is 57.5 Å². The van der Waals surface area contributed by atoms with Crippen LogP contribution in [-0.2, 0) is 11.3 Å². The van der Waals surface area contributed by atoms with Crippen LogP contribution in [0.25, 0.3) is 0 Å². The lowest BCUT2D eigenvalue weighted by atomic mass is 9.96. The van der Waals surface area contributed by atoms with E-state index in [4.69, 9.17) is 17.0 Å². The van der Waals surface area contributed by atoms with Crippen LogP contribution >= 0.6 is 12.2 Å². The smallest absolute Gasteiger partial charge is 0.174 e. The van der Waals surface area contributed by atoms with Crippen molar-refractivity contribution in [1.82, 2.24) is 19.8 Å². The van der Waals surface area contributed by atoms with Gasteiger partial charge in [0.2, 0.25) is 0 Å². The highest BCUT2D eigenvalue weighted by Gasteiger charge is 2.42. The molecule has 2 aliphatic rings. The summed E-state index contributed by atoms with van der Waals surface area (Å²) in [5, 5.41) is 14.0. The first-order valence-electron chi connectivity index (χ1n) is 12.3. The van der Waals surface area contributed by atoms with Crippen LogP contribution < -0.4 is 10.2 Å². The fourth-order valence-electron chi connectivity index (χ4n) is 5.31. The second kappa shape index (κ2) is 10.4. The molecule has 0 unspecified atom stereocenters. The molecule has 2 fully saturated rings. The lowest BCUT2D eigenvalue weighted by Gasteiger charge is -2.28. The van der Waals surface area contributed by atoms with Crippen molar-refractivity contribution < 1.29 is 9.84 Å². The summed E-state index contributed by atoms with van der Waals surface area (Å²) in [6.45, 7) is 10.2. The van der Waals surface area contributed by atoms with E-state index in [-0.39, 0.29) is 17.8 Å². The number of aromatic nitrogens is 2. The SMILES string of the molecule is Cc1cc([C@@H]2[C@H](c3ccccn3)NC(=S)N2c2ccc(O)cc2)c(C)n1CCCN1CCOCC1. The summed E-state index contributed by atoms with van der Waals surface area (Å²) in [4.78, 5) is 9.31. The third-order valence-electron chi connectivity index (χ3n) is 7.12. The summed E-state index contributed by atoms with van der Waals surface area (Å²) in [5.74, 6) is 0.239. The Labute approximate surface area is 212 Å². The molecule has 7 nitrogen and oxygen atoms in total. The first-order valence-corrected chi connectivity index (χ1v) is 12.7. The summed E-state index contributed by atoms with van der Waals surface area (Å²) < 4.78 is 7.92. The molecule has 0 saturated carbocycles. The molecule has 184 valence electrons. The Hall–Kier alpha value is -2.94. The number of rotatable bonds is 7. The van der Waals surface area contributed by atoms with Gasteiger partial charge < -0.3 is 24.6 Å². The molecule has 35 heavy (non-hydrogen) atoms. The van der Waals surface area contributed by atoms with Gasteiger partial charge in [-0.1, -0.05) is 6.07 Å². The minimum Gasteiger partial charge on any atom is -0.508 e. The van der Waals surface area contributed by atoms with Gasteiger partial charge in [0.25, 0.3) is 0 Å². The van der Waals surface area contributed by atoms with E-state index in [1.54, 1.807) is 12.1 Å². The average molecular weight is 492 g/mol. The van der Waals surface area contributed by atoms with Crippen molar-refractivity contribution in [2.75, 3.05) is 37.7 Å². The quantitative estimate of drug-likeness (QED) is 0.482. The molecule has 1 aromatic carbocycles. The van der Waals surface area contributed by atoms with Gasteiger partial charge in [-0.05, 0) is 80.5 Å². The van der Waals surface area contributed by atoms with Gasteiger partial charge in [-0.25, -0.2) is 0 Å². The van der Waals surface area contributed by atoms with Crippen molar-refractivity contribution in [3.8, 4) is 5.75 Å². The number of aromatic hydroxyl groups is 1. The highest BCUT2D eigenvalue weighted by molar-refractivity contribution is 7.80. The number of thiocarbonyl (C=S) groups is 1. The zero-order valence-electron chi connectivity index (χ0n) is 20.4. The predicted molar refractivity (Wildman–Crippen MR) is 142 cm³/mol. The van der Waals surface area contributed by atoms with E-state index in [1.807, 2.05) is 30.5 Å². The van der Waals surface area contributed by atoms with Gasteiger partial charge in [0.05, 0.1) is 31.0 Å². The van der Waals surface area contributed by atoms with E-state index >= 15 is 0 Å². The Kier molecular flexibility index (Phi) is 7.04. The summed E-state index contributed by atoms with van der Waals surface area (Å²) in [7, 11) is 0. The molecule has 2 N–H and O–H groups in total. The molecule has 0 amide bonds. The Morgan fingerprint density at radius 2 is 1.86 bits per heavy atom. The molecular formula is C27H33N5O2S. The number of ether oxygens (including phenoxy) is 1. The number of phenols is 1. The van der Waals surface area contributed by atoms with Crippen LogP contribution in [0.5, 0.6) is 5.75 Å². The molecule has 0 radical (unpaired) electrons. The second-order valence-corrected chi connectivity index (χ2v) is 9.69. The van der Waals surface area contributed by atoms with Crippen molar-refractivity contribution in [3.63, 3.8) is 0 Å². The molecule has 5 rings (SSSR count). The van der Waals surface area contributed by atoms with Gasteiger partial charge >= 0.3 is 0 Å². The van der Waals surface area contributed by atoms with E-state index in [0.717, 1.165) is 57.2 Å². The topological polar surface area (TPSA) is 65.8 Å². The molecule has 0 bridgehead atoms. The summed E-state index contributed by atoms with van der Waals surface area (Å²) in [6.07, 6.45) is 2.93. The number of nitrogens with one attached hydrogen (secondary N) is 1. The van der Waals surface area contributed by atoms with Crippen LogP contribution in [0.15, 0.2) is 54.7 Å². The highest BCUT2D eigenvalue weighted by atomic mass is 32.1. The highest BCUT2D eigenvalue weighted by Crippen LogP contribution is 2.43. The van der Waals surface area contributed by atoms with E-state index in [1.165, 1.54) is 17.0 Å². The largest absolute Gasteiger partial charge is 0.508 e. The third kappa shape index (κ3) is 4.91. The molecule has 8 heteroatoms. The number of pyridine rings is 1. The van der Waals surface area contributed by atoms with Crippen molar-refractivity contribution in [1.29, 1.82) is 0 Å². The zero-order valence-corrected chi connectivity index (χ0v) is 21.2. The summed E-state index contributed by atoms with van der Waals surface area (Å²) in [5.41, 5.74) is 5.65. The maximum Gasteiger partial charge on any atom is 0.174 e. The second-order valence-electron chi connectivity index (χ2n) is 9.30. The maximum atomic E-state index is 9.85. The standard InChI is InChI=1S/C27H33N5O2S/c1-19-18-23(20(2)31(19)13-5-12-30-14-16-34-17-15-30)26-25(24-6-3-4-11-28-24)29-27(35)32(26)21-7-9-22(33)10-8-21/h3-4,6-11,18,25-26,33H,5,12-17H2,1-2H3,(H,29,35)/t25-,26+/m0/s1. The molecule has 0 aliphatic carbocycles. The third-order valence-corrected chi connectivity index (χ3v) is 7.43. The first kappa shape index (κ1) is 23.8. The Balaban J connectivity index is 1.46. The van der Waals surface area contributed by atoms with E-state index in [2.05, 4.69) is 50.6 Å². The van der Waals surface area contributed by atoms with Crippen molar-refractivity contribution in [2.24, 2.45) is 0 Å². The minimum atomic E-state index is -0.0835. The van der Waals surface area contributed by atoms with Crippen molar-refractivity contribution in [3.05, 3.63) is 77.4 Å². The molecule has 3 aromatic rings. The number of hydrogen-bond acceptors (Lipinski definition) is 5. The number of morpholine rings is 1. The molecule has 2 aromatic heterocycles. The average Bonchev–Trinajstić information content (AvgIpc) is 3.36. The molecule has 0 spiro atoms. The summed E-state index contributed by atoms with van der Waals surface area (Å²) >= 11 is 5.84. The fraction of sp³-hybridized carbons (Fsp3) is 0.407. The van der Waals surface area contributed by atoms with Gasteiger partial charge in [-0.15, -0.1) is 0 Å². The lowest BCUT2D eigenvalue weighted by molar-refractivity contribution is 0.0369. The predicted octanol–water partition coefficient (Wildman–Crippen LogP) is 4.10. The van der Waals surface area contributed by atoms with Gasteiger partial charge in [0, 0.05) is 49.5 Å². The number of nitrogens with zero attached hydrogens (tertiary/aromatic N) is 4. The van der Waals surface area contributed by atoms with Gasteiger partial charge in [0.1, 0.15) is 5.75 Å². The first-order chi connectivity index (χ1) is 17.0. The van der Waals surface area contributed by atoms with Crippen LogP contribution in [0.2, 0.25) is 0 Å². The van der Waals surface area contributed by atoms with E-state index in [9.17, 15) is 5.11 Å².